The monoisotopic (exact) mass is 249 g/mol. The van der Waals surface area contributed by atoms with Gasteiger partial charge in [0.05, 0.1) is 0 Å². The lowest BCUT2D eigenvalue weighted by atomic mass is 10.1. The van der Waals surface area contributed by atoms with E-state index >= 15 is 0 Å². The van der Waals surface area contributed by atoms with Gasteiger partial charge in [0.2, 0.25) is 0 Å². The van der Waals surface area contributed by atoms with Gasteiger partial charge in [-0.3, -0.25) is 4.79 Å². The molecule has 0 fully saturated rings. The number of hydrogen-bond acceptors (Lipinski definition) is 2. The number of aliphatic carboxylic acids is 1. The molecule has 0 saturated heterocycles. The third-order valence-electron chi connectivity index (χ3n) is 2.92. The molecule has 0 aromatic heterocycles. The quantitative estimate of drug-likeness (QED) is 0.618. The number of rotatable bonds is 10. The number of hydrogen-bond donors (Lipinski definition) is 2. The summed E-state index contributed by atoms with van der Waals surface area (Å²) in [7, 11) is 0. The van der Waals surface area contributed by atoms with Crippen molar-refractivity contribution in [2.24, 2.45) is 0 Å². The van der Waals surface area contributed by atoms with E-state index in [4.69, 9.17) is 5.11 Å². The van der Waals surface area contributed by atoms with Crippen LogP contribution in [0.3, 0.4) is 0 Å². The number of benzene rings is 1. The highest BCUT2D eigenvalue weighted by Crippen LogP contribution is 2.09. The Labute approximate surface area is 109 Å². The molecular formula is C15H23NO2. The minimum absolute atomic E-state index is 0.315. The molecule has 0 spiro atoms. The van der Waals surface area contributed by atoms with E-state index < -0.39 is 5.97 Å². The van der Waals surface area contributed by atoms with Gasteiger partial charge in [-0.25, -0.2) is 0 Å². The first-order chi connectivity index (χ1) is 8.79. The van der Waals surface area contributed by atoms with E-state index in [0.717, 1.165) is 25.8 Å². The zero-order valence-electron chi connectivity index (χ0n) is 10.9. The average Bonchev–Trinajstić information content (AvgIpc) is 2.37. The summed E-state index contributed by atoms with van der Waals surface area (Å²) in [5.74, 6) is -0.679. The van der Waals surface area contributed by atoms with Crippen LogP contribution in [0.25, 0.3) is 0 Å². The van der Waals surface area contributed by atoms with Crippen LogP contribution in [0.2, 0.25) is 0 Å². The standard InChI is InChI=1S/C15H23NO2/c17-15(18)12-8-3-1-2-4-9-13-16-14-10-6-5-7-11-14/h5-7,10-11,16H,1-4,8-9,12-13H2,(H,17,18). The van der Waals surface area contributed by atoms with Crippen molar-refractivity contribution in [2.75, 3.05) is 11.9 Å². The van der Waals surface area contributed by atoms with Crippen LogP contribution in [0, 0.1) is 0 Å². The van der Waals surface area contributed by atoms with Crippen LogP contribution in [-0.4, -0.2) is 17.6 Å². The molecule has 0 saturated carbocycles. The van der Waals surface area contributed by atoms with Gasteiger partial charge < -0.3 is 10.4 Å². The largest absolute Gasteiger partial charge is 0.481 e. The fourth-order valence-corrected chi connectivity index (χ4v) is 1.90. The molecule has 0 aliphatic carbocycles. The SMILES string of the molecule is O=C(O)CCCCCCCCNc1ccccc1. The summed E-state index contributed by atoms with van der Waals surface area (Å²) >= 11 is 0. The highest BCUT2D eigenvalue weighted by atomic mass is 16.4. The minimum atomic E-state index is -0.679. The number of carboxylic acid groups (broad SMARTS) is 1. The average molecular weight is 249 g/mol. The van der Waals surface area contributed by atoms with E-state index in [2.05, 4.69) is 17.4 Å². The maximum absolute atomic E-state index is 10.3. The first-order valence-corrected chi connectivity index (χ1v) is 6.80. The lowest BCUT2D eigenvalue weighted by molar-refractivity contribution is -0.137. The molecule has 0 atom stereocenters. The molecule has 0 amide bonds. The number of carboxylic acids is 1. The Morgan fingerprint density at radius 2 is 1.56 bits per heavy atom. The lowest BCUT2D eigenvalue weighted by Gasteiger charge is -2.05. The zero-order valence-corrected chi connectivity index (χ0v) is 10.9. The van der Waals surface area contributed by atoms with Gasteiger partial charge in [0.15, 0.2) is 0 Å². The number of carbonyl (C=O) groups is 1. The van der Waals surface area contributed by atoms with E-state index in [9.17, 15) is 4.79 Å². The smallest absolute Gasteiger partial charge is 0.303 e. The molecule has 0 aliphatic rings. The minimum Gasteiger partial charge on any atom is -0.481 e. The molecule has 1 rings (SSSR count). The van der Waals surface area contributed by atoms with Crippen LogP contribution in [0.15, 0.2) is 30.3 Å². The topological polar surface area (TPSA) is 49.3 Å². The maximum Gasteiger partial charge on any atom is 0.303 e. The van der Waals surface area contributed by atoms with Gasteiger partial charge in [-0.15, -0.1) is 0 Å². The Balaban J connectivity index is 1.86. The van der Waals surface area contributed by atoms with Crippen LogP contribution in [0.4, 0.5) is 5.69 Å². The zero-order chi connectivity index (χ0) is 13.1. The summed E-state index contributed by atoms with van der Waals surface area (Å²) in [6, 6.07) is 10.2. The second-order valence-electron chi connectivity index (χ2n) is 4.56. The Bertz CT molecular complexity index is 325. The molecule has 0 bridgehead atoms. The summed E-state index contributed by atoms with van der Waals surface area (Å²) in [6.45, 7) is 1.01. The number of anilines is 1. The summed E-state index contributed by atoms with van der Waals surface area (Å²) < 4.78 is 0. The van der Waals surface area contributed by atoms with Crippen molar-refractivity contribution in [3.63, 3.8) is 0 Å². The van der Waals surface area contributed by atoms with E-state index in [1.54, 1.807) is 0 Å². The van der Waals surface area contributed by atoms with E-state index in [-0.39, 0.29) is 0 Å². The molecular weight excluding hydrogens is 226 g/mol. The van der Waals surface area contributed by atoms with E-state index in [1.165, 1.54) is 24.9 Å². The second kappa shape index (κ2) is 9.51. The van der Waals surface area contributed by atoms with Crippen molar-refractivity contribution in [2.45, 2.75) is 44.9 Å². The Morgan fingerprint density at radius 3 is 2.22 bits per heavy atom. The highest BCUT2D eigenvalue weighted by Gasteiger charge is 1.96. The van der Waals surface area contributed by atoms with Crippen molar-refractivity contribution in [3.05, 3.63) is 30.3 Å². The van der Waals surface area contributed by atoms with Crippen molar-refractivity contribution in [3.8, 4) is 0 Å². The molecule has 0 aliphatic heterocycles. The predicted octanol–water partition coefficient (Wildman–Crippen LogP) is 3.91. The molecule has 3 heteroatoms. The molecule has 3 nitrogen and oxygen atoms in total. The van der Waals surface area contributed by atoms with Crippen LogP contribution in [-0.2, 0) is 4.79 Å². The Morgan fingerprint density at radius 1 is 0.944 bits per heavy atom. The third-order valence-corrected chi connectivity index (χ3v) is 2.92. The lowest BCUT2D eigenvalue weighted by Crippen LogP contribution is -2.00. The third kappa shape index (κ3) is 7.71. The van der Waals surface area contributed by atoms with Crippen LogP contribution in [0.1, 0.15) is 44.9 Å². The van der Waals surface area contributed by atoms with E-state index in [1.807, 2.05) is 18.2 Å². The second-order valence-corrected chi connectivity index (χ2v) is 4.56. The Kier molecular flexibility index (Phi) is 7.69. The highest BCUT2D eigenvalue weighted by molar-refractivity contribution is 5.66. The summed E-state index contributed by atoms with van der Waals surface area (Å²) in [6.07, 6.45) is 6.92. The number of para-hydroxylation sites is 1. The summed E-state index contributed by atoms with van der Waals surface area (Å²) in [5.41, 5.74) is 1.18. The molecule has 0 unspecified atom stereocenters. The normalized spacial score (nSPS) is 10.2. The molecule has 0 radical (unpaired) electrons. The first kappa shape index (κ1) is 14.6. The van der Waals surface area contributed by atoms with Crippen molar-refractivity contribution < 1.29 is 9.90 Å². The fraction of sp³-hybridized carbons (Fsp3) is 0.533. The molecule has 2 N–H and O–H groups in total. The van der Waals surface area contributed by atoms with Gasteiger partial charge in [0.1, 0.15) is 0 Å². The van der Waals surface area contributed by atoms with E-state index in [0.29, 0.717) is 6.42 Å². The Hall–Kier alpha value is -1.51. The fourth-order valence-electron chi connectivity index (χ4n) is 1.90. The van der Waals surface area contributed by atoms with Crippen LogP contribution in [0.5, 0.6) is 0 Å². The summed E-state index contributed by atoms with van der Waals surface area (Å²) in [5, 5.41) is 11.9. The molecule has 0 heterocycles. The summed E-state index contributed by atoms with van der Waals surface area (Å²) in [4.78, 5) is 10.3. The first-order valence-electron chi connectivity index (χ1n) is 6.80. The van der Waals surface area contributed by atoms with Crippen LogP contribution < -0.4 is 5.32 Å². The molecule has 1 aromatic rings. The predicted molar refractivity (Wildman–Crippen MR) is 74.9 cm³/mol. The van der Waals surface area contributed by atoms with Gasteiger partial charge >= 0.3 is 5.97 Å². The molecule has 100 valence electrons. The maximum atomic E-state index is 10.3. The molecule has 1 aromatic carbocycles. The van der Waals surface area contributed by atoms with Gasteiger partial charge in [0.25, 0.3) is 0 Å². The van der Waals surface area contributed by atoms with Crippen LogP contribution >= 0.6 is 0 Å². The van der Waals surface area contributed by atoms with Gasteiger partial charge in [-0.2, -0.15) is 0 Å². The van der Waals surface area contributed by atoms with Crippen molar-refractivity contribution in [1.82, 2.24) is 0 Å². The number of nitrogens with one attached hydrogen (secondary N) is 1. The van der Waals surface area contributed by atoms with Gasteiger partial charge in [-0.1, -0.05) is 43.9 Å². The number of unbranched alkanes of at least 4 members (excludes halogenated alkanes) is 5. The van der Waals surface area contributed by atoms with Crippen molar-refractivity contribution in [1.29, 1.82) is 0 Å². The van der Waals surface area contributed by atoms with Gasteiger partial charge in [-0.05, 0) is 25.0 Å². The van der Waals surface area contributed by atoms with Crippen molar-refractivity contribution >= 4 is 11.7 Å². The van der Waals surface area contributed by atoms with Gasteiger partial charge in [0, 0.05) is 18.7 Å². The molecule has 18 heavy (non-hydrogen) atoms.